The maximum atomic E-state index is 11.2. The summed E-state index contributed by atoms with van der Waals surface area (Å²) >= 11 is 0. The lowest BCUT2D eigenvalue weighted by Gasteiger charge is -2.04. The third-order valence-corrected chi connectivity index (χ3v) is 3.41. The number of halogens is 1. The molecule has 0 aromatic heterocycles. The highest BCUT2D eigenvalue weighted by atomic mass is 35.7. The Kier molecular flexibility index (Phi) is 3.36. The molecule has 1 amide bonds. The molecule has 0 fully saturated rings. The van der Waals surface area contributed by atoms with Crippen molar-refractivity contribution >= 4 is 25.6 Å². The fourth-order valence-corrected chi connectivity index (χ4v) is 2.40. The lowest BCUT2D eigenvalue weighted by Crippen LogP contribution is -2.18. The van der Waals surface area contributed by atoms with E-state index in [9.17, 15) is 13.2 Å². The predicted octanol–water partition coefficient (Wildman–Crippen LogP) is 1.28. The van der Waals surface area contributed by atoms with E-state index in [1.807, 2.05) is 0 Å². The number of nitrogens with one attached hydrogen (secondary N) is 1. The minimum absolute atomic E-state index is 0.0248. The maximum Gasteiger partial charge on any atom is 0.261 e. The highest BCUT2D eigenvalue weighted by molar-refractivity contribution is 8.13. The number of hydrogen-bond acceptors (Lipinski definition) is 3. The lowest BCUT2D eigenvalue weighted by atomic mass is 10.1. The summed E-state index contributed by atoms with van der Waals surface area (Å²) in [5.41, 5.74) is 0.852. The zero-order valence-electron chi connectivity index (χ0n) is 8.24. The molecule has 0 saturated heterocycles. The molecular weight excluding hydrogens is 238 g/mol. The number of amides is 1. The molecule has 1 rings (SSSR count). The molecule has 0 saturated carbocycles. The van der Waals surface area contributed by atoms with Gasteiger partial charge in [0.2, 0.25) is 0 Å². The van der Waals surface area contributed by atoms with Crippen LogP contribution in [0.3, 0.4) is 0 Å². The molecular formula is C9H10ClNO3S. The topological polar surface area (TPSA) is 63.2 Å². The van der Waals surface area contributed by atoms with Crippen LogP contribution in [-0.2, 0) is 9.05 Å². The van der Waals surface area contributed by atoms with Gasteiger partial charge in [-0.05, 0) is 30.7 Å². The SMILES string of the molecule is CNC(=O)c1ccc(S(=O)(=O)Cl)c(C)c1. The second kappa shape index (κ2) is 4.20. The molecule has 0 bridgehead atoms. The third-order valence-electron chi connectivity index (χ3n) is 1.93. The first-order valence-electron chi connectivity index (χ1n) is 4.13. The van der Waals surface area contributed by atoms with Gasteiger partial charge in [0.05, 0.1) is 4.90 Å². The van der Waals surface area contributed by atoms with E-state index in [4.69, 9.17) is 10.7 Å². The summed E-state index contributed by atoms with van der Waals surface area (Å²) in [5.74, 6) is -0.267. The van der Waals surface area contributed by atoms with Crippen molar-refractivity contribution in [1.29, 1.82) is 0 Å². The summed E-state index contributed by atoms with van der Waals surface area (Å²) in [5, 5.41) is 2.45. The van der Waals surface area contributed by atoms with E-state index in [0.717, 1.165) is 0 Å². The summed E-state index contributed by atoms with van der Waals surface area (Å²) in [4.78, 5) is 11.3. The van der Waals surface area contributed by atoms with Crippen molar-refractivity contribution in [2.24, 2.45) is 0 Å². The van der Waals surface area contributed by atoms with E-state index in [1.165, 1.54) is 25.2 Å². The Labute approximate surface area is 92.7 Å². The van der Waals surface area contributed by atoms with Crippen molar-refractivity contribution in [3.05, 3.63) is 29.3 Å². The summed E-state index contributed by atoms with van der Waals surface area (Å²) in [6.07, 6.45) is 0. The van der Waals surface area contributed by atoms with Gasteiger partial charge in [-0.25, -0.2) is 8.42 Å². The number of hydrogen-bond donors (Lipinski definition) is 1. The van der Waals surface area contributed by atoms with Crippen LogP contribution in [0, 0.1) is 6.92 Å². The van der Waals surface area contributed by atoms with E-state index >= 15 is 0 Å². The Morgan fingerprint density at radius 1 is 1.40 bits per heavy atom. The van der Waals surface area contributed by atoms with Crippen LogP contribution in [0.4, 0.5) is 0 Å². The van der Waals surface area contributed by atoms with Crippen LogP contribution in [0.5, 0.6) is 0 Å². The molecule has 0 radical (unpaired) electrons. The van der Waals surface area contributed by atoms with Crippen molar-refractivity contribution in [2.45, 2.75) is 11.8 Å². The van der Waals surface area contributed by atoms with Gasteiger partial charge in [0.15, 0.2) is 0 Å². The fraction of sp³-hybridized carbons (Fsp3) is 0.222. The van der Waals surface area contributed by atoms with Crippen LogP contribution >= 0.6 is 10.7 Å². The van der Waals surface area contributed by atoms with E-state index in [-0.39, 0.29) is 10.8 Å². The van der Waals surface area contributed by atoms with Crippen molar-refractivity contribution in [3.63, 3.8) is 0 Å². The van der Waals surface area contributed by atoms with E-state index in [2.05, 4.69) is 5.32 Å². The van der Waals surface area contributed by atoms with Gasteiger partial charge in [0.1, 0.15) is 0 Å². The van der Waals surface area contributed by atoms with Gasteiger partial charge in [-0.15, -0.1) is 0 Å². The minimum Gasteiger partial charge on any atom is -0.355 e. The van der Waals surface area contributed by atoms with Crippen molar-refractivity contribution in [1.82, 2.24) is 5.32 Å². The Morgan fingerprint density at radius 3 is 2.40 bits per heavy atom. The second-order valence-electron chi connectivity index (χ2n) is 3.00. The van der Waals surface area contributed by atoms with Crippen LogP contribution in [0.25, 0.3) is 0 Å². The monoisotopic (exact) mass is 247 g/mol. The van der Waals surface area contributed by atoms with Crippen molar-refractivity contribution in [3.8, 4) is 0 Å². The normalized spacial score (nSPS) is 11.1. The number of rotatable bonds is 2. The van der Waals surface area contributed by atoms with E-state index in [0.29, 0.717) is 11.1 Å². The second-order valence-corrected chi connectivity index (χ2v) is 5.53. The van der Waals surface area contributed by atoms with Gasteiger partial charge in [0, 0.05) is 23.3 Å². The molecule has 0 unspecified atom stereocenters. The maximum absolute atomic E-state index is 11.2. The molecule has 0 spiro atoms. The summed E-state index contributed by atoms with van der Waals surface area (Å²) in [7, 11) is 2.96. The Hall–Kier alpha value is -1.07. The zero-order valence-corrected chi connectivity index (χ0v) is 9.82. The van der Waals surface area contributed by atoms with E-state index in [1.54, 1.807) is 6.92 Å². The zero-order chi connectivity index (χ0) is 11.6. The van der Waals surface area contributed by atoms with Gasteiger partial charge in [-0.1, -0.05) is 0 Å². The molecule has 0 atom stereocenters. The molecule has 0 aliphatic carbocycles. The van der Waals surface area contributed by atoms with Gasteiger partial charge in [0.25, 0.3) is 15.0 Å². The highest BCUT2D eigenvalue weighted by Gasteiger charge is 2.14. The van der Waals surface area contributed by atoms with Crippen LogP contribution in [0.1, 0.15) is 15.9 Å². The molecule has 1 N–H and O–H groups in total. The summed E-state index contributed by atoms with van der Waals surface area (Å²) in [6.45, 7) is 1.59. The fourth-order valence-electron chi connectivity index (χ4n) is 1.21. The van der Waals surface area contributed by atoms with Crippen LogP contribution in [0.2, 0.25) is 0 Å². The first kappa shape index (κ1) is 12.0. The van der Waals surface area contributed by atoms with E-state index < -0.39 is 9.05 Å². The van der Waals surface area contributed by atoms with Gasteiger partial charge < -0.3 is 5.32 Å². The molecule has 1 aromatic rings. The Bertz CT molecular complexity index is 496. The summed E-state index contributed by atoms with van der Waals surface area (Å²) < 4.78 is 22.1. The van der Waals surface area contributed by atoms with Crippen LogP contribution < -0.4 is 5.32 Å². The standard InChI is InChI=1S/C9H10ClNO3S/c1-6-5-7(9(12)11-2)3-4-8(6)15(10,13)14/h3-5H,1-2H3,(H,11,12). The molecule has 0 heterocycles. The summed E-state index contributed by atoms with van der Waals surface area (Å²) in [6, 6.07) is 4.22. The first-order valence-corrected chi connectivity index (χ1v) is 6.44. The predicted molar refractivity (Wildman–Crippen MR) is 57.6 cm³/mol. The molecule has 82 valence electrons. The van der Waals surface area contributed by atoms with Gasteiger partial charge in [-0.2, -0.15) is 0 Å². The largest absolute Gasteiger partial charge is 0.355 e. The quantitative estimate of drug-likeness (QED) is 0.801. The Balaban J connectivity index is 3.27. The average Bonchev–Trinajstić information content (AvgIpc) is 2.14. The number of carbonyl (C=O) groups excluding carboxylic acids is 1. The Morgan fingerprint density at radius 2 is 2.00 bits per heavy atom. The lowest BCUT2D eigenvalue weighted by molar-refractivity contribution is 0.0963. The minimum atomic E-state index is -3.74. The molecule has 4 nitrogen and oxygen atoms in total. The van der Waals surface area contributed by atoms with Crippen LogP contribution in [-0.4, -0.2) is 21.4 Å². The molecule has 1 aromatic carbocycles. The third kappa shape index (κ3) is 2.70. The average molecular weight is 248 g/mol. The number of benzene rings is 1. The van der Waals surface area contributed by atoms with Crippen LogP contribution in [0.15, 0.2) is 23.1 Å². The number of carbonyl (C=O) groups is 1. The van der Waals surface area contributed by atoms with Crippen molar-refractivity contribution < 1.29 is 13.2 Å². The van der Waals surface area contributed by atoms with Gasteiger partial charge >= 0.3 is 0 Å². The molecule has 0 aliphatic rings. The first-order chi connectivity index (χ1) is 6.86. The number of aryl methyl sites for hydroxylation is 1. The molecule has 6 heteroatoms. The van der Waals surface area contributed by atoms with Crippen molar-refractivity contribution in [2.75, 3.05) is 7.05 Å². The molecule has 15 heavy (non-hydrogen) atoms. The van der Waals surface area contributed by atoms with Gasteiger partial charge in [-0.3, -0.25) is 4.79 Å². The molecule has 0 aliphatic heterocycles. The smallest absolute Gasteiger partial charge is 0.261 e. The highest BCUT2D eigenvalue weighted by Crippen LogP contribution is 2.20.